The van der Waals surface area contributed by atoms with Crippen LogP contribution in [0.2, 0.25) is 0 Å². The zero-order valence-electron chi connectivity index (χ0n) is 16.4. The summed E-state index contributed by atoms with van der Waals surface area (Å²) >= 11 is 0. The van der Waals surface area contributed by atoms with Crippen molar-refractivity contribution in [1.82, 2.24) is 14.9 Å². The molecule has 0 radical (unpaired) electrons. The van der Waals surface area contributed by atoms with Gasteiger partial charge < -0.3 is 14.6 Å². The van der Waals surface area contributed by atoms with Crippen LogP contribution >= 0.6 is 0 Å². The van der Waals surface area contributed by atoms with Gasteiger partial charge in [0, 0.05) is 36.6 Å². The number of ether oxygens (including phenoxy) is 1. The van der Waals surface area contributed by atoms with Gasteiger partial charge in [0.05, 0.1) is 31.0 Å². The molecule has 7 nitrogen and oxygen atoms in total. The number of carbonyl (C=O) groups excluding carboxylic acids is 2. The molecule has 2 amide bonds. The maximum atomic E-state index is 14.8. The summed E-state index contributed by atoms with van der Waals surface area (Å²) in [6.45, 7) is 2.50. The fourth-order valence-corrected chi connectivity index (χ4v) is 3.34. The number of carbonyl (C=O) groups is 2. The number of cyclic esters (lactones) is 1. The van der Waals surface area contributed by atoms with Crippen LogP contribution in [-0.2, 0) is 16.1 Å². The molecular weight excluding hydrogens is 387 g/mol. The molecule has 0 aliphatic carbocycles. The van der Waals surface area contributed by atoms with Crippen molar-refractivity contribution < 1.29 is 18.7 Å². The lowest BCUT2D eigenvalue weighted by molar-refractivity contribution is -0.119. The number of hydrogen-bond acceptors (Lipinski definition) is 4. The van der Waals surface area contributed by atoms with Gasteiger partial charge in [0.2, 0.25) is 5.91 Å². The second-order valence-corrected chi connectivity index (χ2v) is 7.11. The lowest BCUT2D eigenvalue weighted by atomic mass is 10.1. The Morgan fingerprint density at radius 1 is 1.27 bits per heavy atom. The van der Waals surface area contributed by atoms with Crippen LogP contribution in [0.3, 0.4) is 0 Å². The molecule has 0 unspecified atom stereocenters. The lowest BCUT2D eigenvalue weighted by Crippen LogP contribution is -2.33. The molecule has 1 atom stereocenters. The summed E-state index contributed by atoms with van der Waals surface area (Å²) < 4.78 is 22.0. The molecule has 2 aromatic heterocycles. The monoisotopic (exact) mass is 408 g/mol. The molecule has 0 spiro atoms. The normalized spacial score (nSPS) is 15.9. The van der Waals surface area contributed by atoms with Crippen LogP contribution < -0.4 is 10.2 Å². The quantitative estimate of drug-likeness (QED) is 0.680. The SMILES string of the molecule is CC(=O)NC[C@H]1CN(c2ccc(-c3ccc(Cn4cccc4)nc3)c(F)c2)C(=O)O1. The summed E-state index contributed by atoms with van der Waals surface area (Å²) in [6.07, 6.45) is 4.52. The first-order chi connectivity index (χ1) is 14.5. The first-order valence-electron chi connectivity index (χ1n) is 9.58. The van der Waals surface area contributed by atoms with Crippen LogP contribution in [0.5, 0.6) is 0 Å². The molecule has 3 heterocycles. The van der Waals surface area contributed by atoms with Crippen LogP contribution in [-0.4, -0.2) is 40.7 Å². The van der Waals surface area contributed by atoms with Gasteiger partial charge in [0.15, 0.2) is 0 Å². The number of hydrogen-bond donors (Lipinski definition) is 1. The predicted octanol–water partition coefficient (Wildman–Crippen LogP) is 3.20. The van der Waals surface area contributed by atoms with Gasteiger partial charge >= 0.3 is 6.09 Å². The van der Waals surface area contributed by atoms with Crippen LogP contribution in [0.4, 0.5) is 14.9 Å². The standard InChI is InChI=1S/C22H21FN4O3/c1-15(28)24-12-19-14-27(22(29)30-19)18-6-7-20(21(23)10-18)16-4-5-17(25-11-16)13-26-8-2-3-9-26/h2-11,19H,12-14H2,1H3,(H,24,28)/t19-/m0/s1. The van der Waals surface area contributed by atoms with Crippen LogP contribution in [0.1, 0.15) is 12.6 Å². The molecule has 1 N–H and O–H groups in total. The van der Waals surface area contributed by atoms with Crippen LogP contribution in [0.25, 0.3) is 11.1 Å². The van der Waals surface area contributed by atoms with Crippen molar-refractivity contribution in [3.63, 3.8) is 0 Å². The largest absolute Gasteiger partial charge is 0.442 e. The summed E-state index contributed by atoms with van der Waals surface area (Å²) in [5, 5.41) is 2.61. The third-order valence-corrected chi connectivity index (χ3v) is 4.86. The van der Waals surface area contributed by atoms with Gasteiger partial charge in [-0.25, -0.2) is 9.18 Å². The molecule has 154 valence electrons. The fraction of sp³-hybridized carbons (Fsp3) is 0.227. The molecule has 0 saturated carbocycles. The van der Waals surface area contributed by atoms with Crippen molar-refractivity contribution in [2.24, 2.45) is 0 Å². The highest BCUT2D eigenvalue weighted by Crippen LogP contribution is 2.29. The van der Waals surface area contributed by atoms with Crippen molar-refractivity contribution >= 4 is 17.7 Å². The number of aromatic nitrogens is 2. The smallest absolute Gasteiger partial charge is 0.414 e. The highest BCUT2D eigenvalue weighted by molar-refractivity contribution is 5.90. The van der Waals surface area contributed by atoms with E-state index in [9.17, 15) is 14.0 Å². The van der Waals surface area contributed by atoms with Gasteiger partial charge in [-0.2, -0.15) is 0 Å². The molecule has 4 rings (SSSR count). The predicted molar refractivity (Wildman–Crippen MR) is 109 cm³/mol. The van der Waals surface area contributed by atoms with E-state index in [1.165, 1.54) is 17.9 Å². The second-order valence-electron chi connectivity index (χ2n) is 7.11. The molecule has 1 aliphatic rings. The Balaban J connectivity index is 1.47. The molecule has 3 aromatic rings. The first-order valence-corrected chi connectivity index (χ1v) is 9.58. The van der Waals surface area contributed by atoms with Gasteiger partial charge in [-0.3, -0.25) is 14.7 Å². The average Bonchev–Trinajstić information content (AvgIpc) is 3.36. The summed E-state index contributed by atoms with van der Waals surface area (Å²) in [4.78, 5) is 28.9. The maximum Gasteiger partial charge on any atom is 0.414 e. The number of benzene rings is 1. The molecule has 1 fully saturated rings. The van der Waals surface area contributed by atoms with Gasteiger partial charge in [-0.15, -0.1) is 0 Å². The van der Waals surface area contributed by atoms with E-state index in [1.807, 2.05) is 41.2 Å². The number of nitrogens with one attached hydrogen (secondary N) is 1. The van der Waals surface area contributed by atoms with Crippen molar-refractivity contribution in [2.45, 2.75) is 19.6 Å². The number of amides is 2. The van der Waals surface area contributed by atoms with Crippen molar-refractivity contribution in [1.29, 1.82) is 0 Å². The fourth-order valence-electron chi connectivity index (χ4n) is 3.34. The van der Waals surface area contributed by atoms with Crippen molar-refractivity contribution in [2.75, 3.05) is 18.0 Å². The third-order valence-electron chi connectivity index (χ3n) is 4.86. The van der Waals surface area contributed by atoms with E-state index >= 15 is 0 Å². The number of pyridine rings is 1. The molecule has 1 saturated heterocycles. The van der Waals surface area contributed by atoms with Crippen molar-refractivity contribution in [3.05, 3.63) is 72.6 Å². The minimum absolute atomic E-state index is 0.201. The molecule has 30 heavy (non-hydrogen) atoms. The van der Waals surface area contributed by atoms with E-state index in [0.717, 1.165) is 5.69 Å². The molecule has 1 aliphatic heterocycles. The Hall–Kier alpha value is -3.68. The Morgan fingerprint density at radius 3 is 2.73 bits per heavy atom. The van der Waals surface area contributed by atoms with E-state index in [2.05, 4.69) is 10.3 Å². The number of halogens is 1. The minimum Gasteiger partial charge on any atom is -0.442 e. The molecule has 1 aromatic carbocycles. The lowest BCUT2D eigenvalue weighted by Gasteiger charge is -2.14. The zero-order chi connectivity index (χ0) is 21.1. The summed E-state index contributed by atoms with van der Waals surface area (Å²) in [5.41, 5.74) is 2.34. The molecular formula is C22H21FN4O3. The van der Waals surface area contributed by atoms with Crippen molar-refractivity contribution in [3.8, 4) is 11.1 Å². The Bertz CT molecular complexity index is 1050. The Labute approximate surface area is 173 Å². The number of anilines is 1. The average molecular weight is 408 g/mol. The summed E-state index contributed by atoms with van der Waals surface area (Å²) in [7, 11) is 0. The molecule has 8 heteroatoms. The zero-order valence-corrected chi connectivity index (χ0v) is 16.4. The van der Waals surface area contributed by atoms with Gasteiger partial charge in [0.25, 0.3) is 0 Å². The highest BCUT2D eigenvalue weighted by Gasteiger charge is 2.32. The molecule has 0 bridgehead atoms. The van der Waals surface area contributed by atoms with E-state index in [0.29, 0.717) is 23.4 Å². The van der Waals surface area contributed by atoms with E-state index in [1.54, 1.807) is 18.3 Å². The topological polar surface area (TPSA) is 76.5 Å². The first kappa shape index (κ1) is 19.6. The second kappa shape index (κ2) is 8.36. The minimum atomic E-state index is -0.562. The van der Waals surface area contributed by atoms with Gasteiger partial charge in [-0.05, 0) is 36.4 Å². The summed E-state index contributed by atoms with van der Waals surface area (Å²) in [6, 6.07) is 12.2. The number of rotatable bonds is 6. The van der Waals surface area contributed by atoms with Crippen LogP contribution in [0, 0.1) is 5.82 Å². The number of nitrogens with zero attached hydrogens (tertiary/aromatic N) is 3. The Kier molecular flexibility index (Phi) is 5.47. The van der Waals surface area contributed by atoms with Crippen LogP contribution in [0.15, 0.2) is 61.1 Å². The highest BCUT2D eigenvalue weighted by atomic mass is 19.1. The van der Waals surface area contributed by atoms with E-state index < -0.39 is 18.0 Å². The van der Waals surface area contributed by atoms with E-state index in [-0.39, 0.29) is 19.0 Å². The Morgan fingerprint density at radius 2 is 2.07 bits per heavy atom. The maximum absolute atomic E-state index is 14.8. The van der Waals surface area contributed by atoms with Gasteiger partial charge in [0.1, 0.15) is 11.9 Å². The van der Waals surface area contributed by atoms with E-state index in [4.69, 9.17) is 4.74 Å². The third kappa shape index (κ3) is 4.32. The van der Waals surface area contributed by atoms with Gasteiger partial charge in [-0.1, -0.05) is 6.07 Å². The summed E-state index contributed by atoms with van der Waals surface area (Å²) in [5.74, 6) is -0.654.